The third-order valence-electron chi connectivity index (χ3n) is 7.23. The molecule has 0 aliphatic carbocycles. The largest absolute Gasteiger partial charge is 0.391 e. The molecular formula is C28H29Cl2N3O2. The van der Waals surface area contributed by atoms with Gasteiger partial charge in [0.1, 0.15) is 0 Å². The monoisotopic (exact) mass is 509 g/mol. The molecule has 2 saturated heterocycles. The average molecular weight is 510 g/mol. The van der Waals surface area contributed by atoms with E-state index in [1.807, 2.05) is 71.6 Å². The van der Waals surface area contributed by atoms with Crippen LogP contribution in [0, 0.1) is 5.41 Å². The highest BCUT2D eigenvalue weighted by molar-refractivity contribution is 6.30. The summed E-state index contributed by atoms with van der Waals surface area (Å²) in [5, 5.41) is 12.7. The van der Waals surface area contributed by atoms with Crippen LogP contribution < -0.4 is 0 Å². The molecule has 0 bridgehead atoms. The summed E-state index contributed by atoms with van der Waals surface area (Å²) in [4.78, 5) is 22.9. The molecule has 5 nitrogen and oxygen atoms in total. The fraction of sp³-hybridized carbons (Fsp3) is 0.357. The smallest absolute Gasteiger partial charge is 0.231 e. The summed E-state index contributed by atoms with van der Waals surface area (Å²) in [5.74, 6) is 0.102. The summed E-state index contributed by atoms with van der Waals surface area (Å²) in [5.41, 5.74) is 2.19. The first-order valence-corrected chi connectivity index (χ1v) is 12.8. The first kappa shape index (κ1) is 24.3. The summed E-state index contributed by atoms with van der Waals surface area (Å²) in [6, 6.07) is 20.8. The molecule has 2 aliphatic rings. The van der Waals surface area contributed by atoms with Gasteiger partial charge in [-0.25, -0.2) is 0 Å². The first-order chi connectivity index (χ1) is 16.9. The van der Waals surface area contributed by atoms with Crippen LogP contribution in [-0.4, -0.2) is 45.0 Å². The number of aliphatic hydroxyl groups excluding tert-OH is 1. The van der Waals surface area contributed by atoms with E-state index in [4.69, 9.17) is 23.2 Å². The fourth-order valence-corrected chi connectivity index (χ4v) is 6.05. The third-order valence-corrected chi connectivity index (χ3v) is 7.69. The van der Waals surface area contributed by atoms with E-state index in [2.05, 4.69) is 9.88 Å². The van der Waals surface area contributed by atoms with Crippen LogP contribution in [-0.2, 0) is 17.9 Å². The molecule has 5 rings (SSSR count). The van der Waals surface area contributed by atoms with E-state index in [1.165, 1.54) is 0 Å². The summed E-state index contributed by atoms with van der Waals surface area (Å²) in [6.07, 6.45) is 3.10. The Morgan fingerprint density at radius 3 is 2.57 bits per heavy atom. The van der Waals surface area contributed by atoms with Crippen LogP contribution in [0.5, 0.6) is 0 Å². The number of pyridine rings is 1. The maximum atomic E-state index is 14.3. The van der Waals surface area contributed by atoms with Crippen molar-refractivity contribution < 1.29 is 9.90 Å². The van der Waals surface area contributed by atoms with E-state index >= 15 is 0 Å². The van der Waals surface area contributed by atoms with Crippen molar-refractivity contribution in [3.8, 4) is 0 Å². The molecule has 0 unspecified atom stereocenters. The second kappa shape index (κ2) is 10.3. The lowest BCUT2D eigenvalue weighted by Crippen LogP contribution is -2.60. The number of benzene rings is 2. The number of amides is 1. The summed E-state index contributed by atoms with van der Waals surface area (Å²) in [6.45, 7) is 2.54. The molecule has 0 radical (unpaired) electrons. The van der Waals surface area contributed by atoms with Gasteiger partial charge in [-0.2, -0.15) is 0 Å². The molecule has 1 N–H and O–H groups in total. The van der Waals surface area contributed by atoms with Crippen molar-refractivity contribution in [2.24, 2.45) is 5.41 Å². The van der Waals surface area contributed by atoms with Gasteiger partial charge in [0.05, 0.1) is 28.3 Å². The highest BCUT2D eigenvalue weighted by Crippen LogP contribution is 2.46. The third kappa shape index (κ3) is 5.24. The zero-order valence-electron chi connectivity index (χ0n) is 19.5. The van der Waals surface area contributed by atoms with Crippen LogP contribution in [0.1, 0.15) is 42.1 Å². The van der Waals surface area contributed by atoms with E-state index in [0.717, 1.165) is 36.2 Å². The van der Waals surface area contributed by atoms with Crippen molar-refractivity contribution in [1.82, 2.24) is 14.8 Å². The van der Waals surface area contributed by atoms with Crippen molar-refractivity contribution >= 4 is 29.1 Å². The van der Waals surface area contributed by atoms with Gasteiger partial charge < -0.3 is 10.0 Å². The highest BCUT2D eigenvalue weighted by Gasteiger charge is 2.52. The lowest BCUT2D eigenvalue weighted by Gasteiger charge is -2.52. The number of likely N-dealkylation sites (tertiary alicyclic amines) is 2. The predicted molar refractivity (Wildman–Crippen MR) is 138 cm³/mol. The van der Waals surface area contributed by atoms with E-state index in [9.17, 15) is 9.90 Å². The number of aromatic nitrogens is 1. The van der Waals surface area contributed by atoms with Crippen molar-refractivity contribution in [2.75, 3.05) is 13.1 Å². The van der Waals surface area contributed by atoms with E-state index < -0.39 is 17.6 Å². The van der Waals surface area contributed by atoms with Gasteiger partial charge in [-0.1, -0.05) is 65.7 Å². The van der Waals surface area contributed by atoms with Crippen molar-refractivity contribution in [2.45, 2.75) is 44.5 Å². The van der Waals surface area contributed by atoms with Crippen LogP contribution >= 0.6 is 23.2 Å². The average Bonchev–Trinajstić information content (AvgIpc) is 2.85. The number of rotatable bonds is 5. The normalized spacial score (nSPS) is 25.2. The number of nitrogens with zero attached hydrogens (tertiary/aromatic N) is 3. The molecule has 1 spiro atoms. The van der Waals surface area contributed by atoms with E-state index in [0.29, 0.717) is 36.1 Å². The molecule has 2 aliphatic heterocycles. The van der Waals surface area contributed by atoms with Crippen molar-refractivity contribution in [3.05, 3.63) is 99.8 Å². The van der Waals surface area contributed by atoms with Gasteiger partial charge in [0, 0.05) is 30.9 Å². The van der Waals surface area contributed by atoms with Crippen LogP contribution in [0.25, 0.3) is 0 Å². The fourth-order valence-electron chi connectivity index (χ4n) is 5.72. The molecule has 1 aromatic heterocycles. The number of halogens is 2. The number of piperidine rings is 2. The quantitative estimate of drug-likeness (QED) is 0.492. The minimum Gasteiger partial charge on any atom is -0.391 e. The second-order valence-corrected chi connectivity index (χ2v) is 10.6. The second-order valence-electron chi connectivity index (χ2n) is 9.75. The maximum Gasteiger partial charge on any atom is 0.231 e. The van der Waals surface area contributed by atoms with Crippen LogP contribution in [0.3, 0.4) is 0 Å². The van der Waals surface area contributed by atoms with Gasteiger partial charge in [-0.05, 0) is 61.2 Å². The molecular weight excluding hydrogens is 481 g/mol. The molecule has 7 heteroatoms. The zero-order valence-corrected chi connectivity index (χ0v) is 21.0. The number of hydrogen-bond acceptors (Lipinski definition) is 4. The molecule has 182 valence electrons. The van der Waals surface area contributed by atoms with E-state index in [1.54, 1.807) is 6.20 Å². The summed E-state index contributed by atoms with van der Waals surface area (Å²) >= 11 is 12.3. The molecule has 3 aromatic rings. The van der Waals surface area contributed by atoms with Crippen LogP contribution in [0.15, 0.2) is 72.9 Å². The Kier molecular flexibility index (Phi) is 7.12. The van der Waals surface area contributed by atoms with Crippen molar-refractivity contribution in [3.63, 3.8) is 0 Å². The Hall–Kier alpha value is -2.44. The number of hydrogen-bond donors (Lipinski definition) is 1. The lowest BCUT2D eigenvalue weighted by atomic mass is 9.69. The Labute approximate surface area is 216 Å². The minimum atomic E-state index is -0.664. The standard InChI is InChI=1S/C28H29Cl2N3O2/c29-22-9-4-6-20(14-22)17-33-26(21-7-2-1-3-8-21)25(34)15-28(27(33)35)12-5-13-32(19-28)18-24-11-10-23(30)16-31-24/h1-4,6-11,14,16,25-26,34H,5,12-13,15,17-19H2/t25-,26+,28+/m1/s1. The summed E-state index contributed by atoms with van der Waals surface area (Å²) < 4.78 is 0. The highest BCUT2D eigenvalue weighted by atomic mass is 35.5. The van der Waals surface area contributed by atoms with Gasteiger partial charge in [-0.3, -0.25) is 14.7 Å². The number of aliphatic hydroxyl groups is 1. The van der Waals surface area contributed by atoms with Gasteiger partial charge >= 0.3 is 0 Å². The van der Waals surface area contributed by atoms with E-state index in [-0.39, 0.29) is 5.91 Å². The Bertz CT molecular complexity index is 1170. The molecule has 3 atom stereocenters. The van der Waals surface area contributed by atoms with Crippen molar-refractivity contribution in [1.29, 1.82) is 0 Å². The molecule has 0 saturated carbocycles. The molecule has 2 fully saturated rings. The van der Waals surface area contributed by atoms with Crippen LogP contribution in [0.4, 0.5) is 0 Å². The number of carbonyl (C=O) groups excluding carboxylic acids is 1. The number of carbonyl (C=O) groups is 1. The topological polar surface area (TPSA) is 56.7 Å². The van der Waals surface area contributed by atoms with Crippen LogP contribution in [0.2, 0.25) is 10.0 Å². The lowest BCUT2D eigenvalue weighted by molar-refractivity contribution is -0.166. The maximum absolute atomic E-state index is 14.3. The minimum absolute atomic E-state index is 0.102. The molecule has 3 heterocycles. The van der Waals surface area contributed by atoms with Gasteiger partial charge in [0.2, 0.25) is 5.91 Å². The SMILES string of the molecule is O=C1N(Cc2cccc(Cl)c2)[C@@H](c2ccccc2)[C@H](O)C[C@]12CCCN(Cc1ccc(Cl)cn1)C2. The Balaban J connectivity index is 1.45. The van der Waals surface area contributed by atoms with Gasteiger partial charge in [0.25, 0.3) is 0 Å². The van der Waals surface area contributed by atoms with Gasteiger partial charge in [0.15, 0.2) is 0 Å². The predicted octanol–water partition coefficient (Wildman–Crippen LogP) is 5.51. The zero-order chi connectivity index (χ0) is 24.4. The summed E-state index contributed by atoms with van der Waals surface area (Å²) in [7, 11) is 0. The first-order valence-electron chi connectivity index (χ1n) is 12.0. The Morgan fingerprint density at radius 1 is 1.00 bits per heavy atom. The Morgan fingerprint density at radius 2 is 1.83 bits per heavy atom. The molecule has 1 amide bonds. The van der Waals surface area contributed by atoms with Gasteiger partial charge in [-0.15, -0.1) is 0 Å². The molecule has 2 aromatic carbocycles. The molecule has 35 heavy (non-hydrogen) atoms.